The average molecular weight is 333 g/mol. The van der Waals surface area contributed by atoms with E-state index in [1.807, 2.05) is 24.3 Å². The van der Waals surface area contributed by atoms with Gasteiger partial charge in [-0.2, -0.15) is 0 Å². The van der Waals surface area contributed by atoms with E-state index in [1.165, 1.54) is 0 Å². The van der Waals surface area contributed by atoms with Crippen molar-refractivity contribution in [3.05, 3.63) is 35.4 Å². The Morgan fingerprint density at radius 3 is 2.29 bits per heavy atom. The van der Waals surface area contributed by atoms with Crippen molar-refractivity contribution in [2.24, 2.45) is 5.92 Å². The maximum absolute atomic E-state index is 12.2. The molecule has 2 rings (SSSR count). The summed E-state index contributed by atoms with van der Waals surface area (Å²) in [6, 6.07) is 6.49. The molecule has 1 aromatic rings. The van der Waals surface area contributed by atoms with Gasteiger partial charge in [0.2, 0.25) is 5.91 Å². The van der Waals surface area contributed by atoms with Crippen molar-refractivity contribution in [1.82, 2.24) is 5.32 Å². The number of carboxylic acid groups (broad SMARTS) is 2. The van der Waals surface area contributed by atoms with Crippen LogP contribution in [0.4, 0.5) is 0 Å². The quantitative estimate of drug-likeness (QED) is 0.718. The third-order valence-corrected chi connectivity index (χ3v) is 4.46. The summed E-state index contributed by atoms with van der Waals surface area (Å²) in [6.45, 7) is 0. The summed E-state index contributed by atoms with van der Waals surface area (Å²) in [7, 11) is 0. The second-order valence-corrected chi connectivity index (χ2v) is 6.22. The van der Waals surface area contributed by atoms with Crippen molar-refractivity contribution in [2.75, 3.05) is 0 Å². The van der Waals surface area contributed by atoms with Crippen LogP contribution in [0.15, 0.2) is 24.3 Å². The highest BCUT2D eigenvalue weighted by Gasteiger charge is 2.30. The number of carboxylic acids is 2. The highest BCUT2D eigenvalue weighted by Crippen LogP contribution is 2.18. The molecule has 0 spiro atoms. The molecule has 1 heterocycles. The highest BCUT2D eigenvalue weighted by atomic mass is 16.4. The number of benzene rings is 1. The number of carbonyl (C=O) groups excluding carboxylic acids is 1. The Balaban J connectivity index is 2.27. The van der Waals surface area contributed by atoms with Crippen LogP contribution in [0, 0.1) is 5.92 Å². The third-order valence-electron chi connectivity index (χ3n) is 4.46. The lowest BCUT2D eigenvalue weighted by Gasteiger charge is -2.19. The van der Waals surface area contributed by atoms with E-state index in [4.69, 9.17) is 0 Å². The lowest BCUT2D eigenvalue weighted by atomic mass is 9.96. The molecule has 0 radical (unpaired) electrons. The van der Waals surface area contributed by atoms with Crippen LogP contribution in [0.2, 0.25) is 0 Å². The number of fused-ring (bicyclic) bond motifs is 1. The zero-order valence-electron chi connectivity index (χ0n) is 13.5. The number of hydrogen-bond donors (Lipinski definition) is 3. The van der Waals surface area contributed by atoms with Crippen LogP contribution in [0.5, 0.6) is 0 Å². The van der Waals surface area contributed by atoms with Gasteiger partial charge in [-0.15, -0.1) is 0 Å². The van der Waals surface area contributed by atoms with Gasteiger partial charge in [0.15, 0.2) is 0 Å². The molecule has 1 amide bonds. The van der Waals surface area contributed by atoms with Crippen LogP contribution in [-0.4, -0.2) is 34.1 Å². The van der Waals surface area contributed by atoms with E-state index in [9.17, 15) is 24.6 Å². The summed E-state index contributed by atoms with van der Waals surface area (Å²) < 4.78 is 0. The standard InChI is InChI=1S/C18H23NO5/c20-16-14(17(21)22)10-4-2-1-3-7-12-8-5-6-9-13(12)11-15(19-16)18(23)24/h5-6,8-9,14-15H,1-4,7,10-11H2,(H,19,20)(H,21,22)(H,23,24). The Labute approximate surface area is 140 Å². The maximum atomic E-state index is 12.2. The predicted molar refractivity (Wildman–Crippen MR) is 87.6 cm³/mol. The molecule has 2 unspecified atom stereocenters. The highest BCUT2D eigenvalue weighted by molar-refractivity contribution is 5.98. The summed E-state index contributed by atoms with van der Waals surface area (Å²) >= 11 is 0. The molecule has 0 aliphatic carbocycles. The van der Waals surface area contributed by atoms with Crippen molar-refractivity contribution in [1.29, 1.82) is 0 Å². The van der Waals surface area contributed by atoms with E-state index < -0.39 is 29.8 Å². The first kappa shape index (κ1) is 18.0. The van der Waals surface area contributed by atoms with E-state index in [1.54, 1.807) is 0 Å². The summed E-state index contributed by atoms with van der Waals surface area (Å²) in [5, 5.41) is 21.1. The normalized spacial score (nSPS) is 22.9. The van der Waals surface area contributed by atoms with Crippen LogP contribution in [0.1, 0.15) is 43.2 Å². The number of amides is 1. The minimum Gasteiger partial charge on any atom is -0.481 e. The van der Waals surface area contributed by atoms with Gasteiger partial charge in [0.05, 0.1) is 0 Å². The number of rotatable bonds is 2. The molecular formula is C18H23NO5. The van der Waals surface area contributed by atoms with Gasteiger partial charge in [0, 0.05) is 6.42 Å². The van der Waals surface area contributed by atoms with Crippen molar-refractivity contribution < 1.29 is 24.6 Å². The van der Waals surface area contributed by atoms with Crippen LogP contribution < -0.4 is 5.32 Å². The first-order valence-electron chi connectivity index (χ1n) is 8.32. The minimum absolute atomic E-state index is 0.156. The largest absolute Gasteiger partial charge is 0.481 e. The van der Waals surface area contributed by atoms with Crippen molar-refractivity contribution >= 4 is 17.8 Å². The van der Waals surface area contributed by atoms with E-state index >= 15 is 0 Å². The number of aryl methyl sites for hydroxylation is 1. The van der Waals surface area contributed by atoms with Crippen molar-refractivity contribution in [2.45, 2.75) is 51.0 Å². The monoisotopic (exact) mass is 333 g/mol. The van der Waals surface area contributed by atoms with E-state index in [-0.39, 0.29) is 12.8 Å². The number of aliphatic carboxylic acids is 2. The lowest BCUT2D eigenvalue weighted by Crippen LogP contribution is -2.46. The summed E-state index contributed by atoms with van der Waals surface area (Å²) in [5.74, 6) is -4.27. The molecule has 0 bridgehead atoms. The third kappa shape index (κ3) is 4.81. The maximum Gasteiger partial charge on any atom is 0.326 e. The molecule has 0 saturated carbocycles. The number of hydrogen-bond acceptors (Lipinski definition) is 3. The van der Waals surface area contributed by atoms with Crippen LogP contribution in [-0.2, 0) is 27.2 Å². The summed E-state index contributed by atoms with van der Waals surface area (Å²) in [6.07, 6.45) is 4.69. The topological polar surface area (TPSA) is 104 Å². The van der Waals surface area contributed by atoms with Gasteiger partial charge < -0.3 is 15.5 Å². The Hall–Kier alpha value is -2.37. The molecule has 1 aliphatic heterocycles. The first-order valence-corrected chi connectivity index (χ1v) is 8.32. The SMILES string of the molecule is O=C(O)C1Cc2ccccc2CCCCCCC(C(=O)O)C(=O)N1. The van der Waals surface area contributed by atoms with E-state index in [0.717, 1.165) is 36.8 Å². The molecular weight excluding hydrogens is 310 g/mol. The zero-order chi connectivity index (χ0) is 17.5. The Morgan fingerprint density at radius 2 is 1.62 bits per heavy atom. The van der Waals surface area contributed by atoms with Crippen LogP contribution in [0.3, 0.4) is 0 Å². The molecule has 3 N–H and O–H groups in total. The second kappa shape index (κ2) is 8.47. The smallest absolute Gasteiger partial charge is 0.326 e. The van der Waals surface area contributed by atoms with Gasteiger partial charge in [0.1, 0.15) is 12.0 Å². The van der Waals surface area contributed by atoms with Gasteiger partial charge in [-0.3, -0.25) is 9.59 Å². The molecule has 130 valence electrons. The molecule has 0 fully saturated rings. The number of carbonyl (C=O) groups is 3. The molecule has 0 aromatic heterocycles. The number of nitrogens with one attached hydrogen (secondary N) is 1. The van der Waals surface area contributed by atoms with Crippen molar-refractivity contribution in [3.63, 3.8) is 0 Å². The minimum atomic E-state index is -1.20. The van der Waals surface area contributed by atoms with Crippen LogP contribution in [0.25, 0.3) is 0 Å². The first-order chi connectivity index (χ1) is 11.5. The van der Waals surface area contributed by atoms with Crippen LogP contribution >= 0.6 is 0 Å². The lowest BCUT2D eigenvalue weighted by molar-refractivity contribution is -0.150. The van der Waals surface area contributed by atoms with Gasteiger partial charge in [0.25, 0.3) is 0 Å². The van der Waals surface area contributed by atoms with Gasteiger partial charge in [-0.05, 0) is 30.4 Å². The summed E-state index contributed by atoms with van der Waals surface area (Å²) in [5.41, 5.74) is 1.98. The molecule has 1 aromatic carbocycles. The molecule has 6 nitrogen and oxygen atoms in total. The molecule has 6 heteroatoms. The molecule has 1 aliphatic rings. The summed E-state index contributed by atoms with van der Waals surface area (Å²) in [4.78, 5) is 35.1. The average Bonchev–Trinajstić information content (AvgIpc) is 2.54. The van der Waals surface area contributed by atoms with Crippen molar-refractivity contribution in [3.8, 4) is 0 Å². The molecule has 2 atom stereocenters. The van der Waals surface area contributed by atoms with Gasteiger partial charge in [-0.25, -0.2) is 4.79 Å². The van der Waals surface area contributed by atoms with Gasteiger partial charge >= 0.3 is 11.9 Å². The second-order valence-electron chi connectivity index (χ2n) is 6.22. The zero-order valence-corrected chi connectivity index (χ0v) is 13.5. The predicted octanol–water partition coefficient (Wildman–Crippen LogP) is 2.01. The van der Waals surface area contributed by atoms with E-state index in [2.05, 4.69) is 5.32 Å². The Bertz CT molecular complexity index is 613. The Kier molecular flexibility index (Phi) is 6.35. The van der Waals surface area contributed by atoms with Gasteiger partial charge in [-0.1, -0.05) is 43.5 Å². The Morgan fingerprint density at radius 1 is 0.958 bits per heavy atom. The molecule has 0 saturated heterocycles. The fourth-order valence-electron chi connectivity index (χ4n) is 3.08. The fraction of sp³-hybridized carbons (Fsp3) is 0.500. The fourth-order valence-corrected chi connectivity index (χ4v) is 3.08. The molecule has 24 heavy (non-hydrogen) atoms. The van der Waals surface area contributed by atoms with E-state index in [0.29, 0.717) is 6.42 Å².